The maximum absolute atomic E-state index is 13.2. The van der Waals surface area contributed by atoms with E-state index in [2.05, 4.69) is 15.4 Å². The van der Waals surface area contributed by atoms with E-state index in [1.54, 1.807) is 25.3 Å². The minimum absolute atomic E-state index is 0.0440. The first kappa shape index (κ1) is 22.0. The number of fused-ring (bicyclic) bond motifs is 1. The topological polar surface area (TPSA) is 112 Å². The standard InChI is InChI=1S/C25H25N5O3/c1-15-23(16(2)30(29-15)13-12-17-8-10-18(33-3)11-9-17)28-25(32)20-14-22(24(26)31)27-21-7-5-4-6-19(20)21/h4-11,14H,12-13H2,1-3H3,(H2,26,31)(H,28,32). The number of amides is 2. The normalized spacial score (nSPS) is 10.9. The van der Waals surface area contributed by atoms with E-state index < -0.39 is 5.91 Å². The molecule has 2 heterocycles. The number of nitrogens with zero attached hydrogens (tertiary/aromatic N) is 3. The van der Waals surface area contributed by atoms with Crippen LogP contribution >= 0.6 is 0 Å². The maximum atomic E-state index is 13.2. The number of methoxy groups -OCH3 is 1. The van der Waals surface area contributed by atoms with E-state index in [0.29, 0.717) is 34.4 Å². The van der Waals surface area contributed by atoms with Gasteiger partial charge in [0.1, 0.15) is 11.4 Å². The van der Waals surface area contributed by atoms with Crippen LogP contribution in [-0.4, -0.2) is 33.7 Å². The quantitative estimate of drug-likeness (QED) is 0.453. The minimum Gasteiger partial charge on any atom is -0.497 e. The SMILES string of the molecule is COc1ccc(CCn2nc(C)c(NC(=O)c3cc(C(N)=O)nc4ccccc34)c2C)cc1. The van der Waals surface area contributed by atoms with Crippen molar-refractivity contribution in [2.45, 2.75) is 26.8 Å². The number of hydrogen-bond donors (Lipinski definition) is 2. The summed E-state index contributed by atoms with van der Waals surface area (Å²) in [5.41, 5.74) is 9.70. The average Bonchev–Trinajstić information content (AvgIpc) is 3.09. The number of aromatic nitrogens is 3. The summed E-state index contributed by atoms with van der Waals surface area (Å²) in [6, 6.07) is 16.5. The Morgan fingerprint density at radius 2 is 1.82 bits per heavy atom. The maximum Gasteiger partial charge on any atom is 0.267 e. The predicted octanol–water partition coefficient (Wildman–Crippen LogP) is 3.65. The molecule has 0 fully saturated rings. The smallest absolute Gasteiger partial charge is 0.267 e. The number of anilines is 1. The second-order valence-corrected chi connectivity index (χ2v) is 7.76. The summed E-state index contributed by atoms with van der Waals surface area (Å²) in [5.74, 6) is -0.219. The molecule has 0 spiro atoms. The van der Waals surface area contributed by atoms with Gasteiger partial charge in [0, 0.05) is 11.9 Å². The summed E-state index contributed by atoms with van der Waals surface area (Å²) < 4.78 is 7.09. The zero-order valence-electron chi connectivity index (χ0n) is 18.8. The summed E-state index contributed by atoms with van der Waals surface area (Å²) >= 11 is 0. The number of benzene rings is 2. The molecule has 168 valence electrons. The molecule has 3 N–H and O–H groups in total. The van der Waals surface area contributed by atoms with E-state index in [-0.39, 0.29) is 11.6 Å². The van der Waals surface area contributed by atoms with Crippen molar-refractivity contribution in [2.75, 3.05) is 12.4 Å². The molecule has 0 saturated heterocycles. The van der Waals surface area contributed by atoms with Crippen LogP contribution in [0.15, 0.2) is 54.6 Å². The molecule has 0 unspecified atom stereocenters. The van der Waals surface area contributed by atoms with Gasteiger partial charge >= 0.3 is 0 Å². The van der Waals surface area contributed by atoms with E-state index in [9.17, 15) is 9.59 Å². The van der Waals surface area contributed by atoms with Gasteiger partial charge in [-0.3, -0.25) is 14.3 Å². The lowest BCUT2D eigenvalue weighted by Crippen LogP contribution is -2.18. The lowest BCUT2D eigenvalue weighted by molar-refractivity contribution is 0.0996. The van der Waals surface area contributed by atoms with Gasteiger partial charge in [-0.05, 0) is 50.1 Å². The Morgan fingerprint density at radius 3 is 2.52 bits per heavy atom. The van der Waals surface area contributed by atoms with Crippen LogP contribution in [-0.2, 0) is 13.0 Å². The van der Waals surface area contributed by atoms with Crippen LogP contribution in [0.3, 0.4) is 0 Å². The number of aryl methyl sites for hydroxylation is 3. The molecular weight excluding hydrogens is 418 g/mol. The first-order valence-electron chi connectivity index (χ1n) is 10.5. The third kappa shape index (κ3) is 4.55. The Hall–Kier alpha value is -4.20. The number of primary amides is 1. The average molecular weight is 444 g/mol. The van der Waals surface area contributed by atoms with E-state index in [1.165, 1.54) is 6.07 Å². The highest BCUT2D eigenvalue weighted by Crippen LogP contribution is 2.24. The van der Waals surface area contributed by atoms with Gasteiger partial charge in [0.25, 0.3) is 11.8 Å². The third-order valence-corrected chi connectivity index (χ3v) is 5.60. The van der Waals surface area contributed by atoms with Gasteiger partial charge < -0.3 is 15.8 Å². The Kier molecular flexibility index (Phi) is 6.08. The van der Waals surface area contributed by atoms with Crippen molar-refractivity contribution < 1.29 is 14.3 Å². The Labute approximate surface area is 191 Å². The number of para-hydroxylation sites is 1. The molecule has 0 aliphatic rings. The van der Waals surface area contributed by atoms with Crippen LogP contribution < -0.4 is 15.8 Å². The van der Waals surface area contributed by atoms with Crippen LogP contribution in [0.2, 0.25) is 0 Å². The van der Waals surface area contributed by atoms with Crippen LogP contribution in [0.1, 0.15) is 37.8 Å². The van der Waals surface area contributed by atoms with Gasteiger partial charge in [-0.1, -0.05) is 30.3 Å². The van der Waals surface area contributed by atoms with Crippen molar-refractivity contribution in [3.8, 4) is 5.75 Å². The van der Waals surface area contributed by atoms with Gasteiger partial charge in [-0.25, -0.2) is 4.98 Å². The highest BCUT2D eigenvalue weighted by atomic mass is 16.5. The van der Waals surface area contributed by atoms with Gasteiger partial charge in [0.15, 0.2) is 0 Å². The van der Waals surface area contributed by atoms with Crippen LogP contribution in [0.4, 0.5) is 5.69 Å². The number of pyridine rings is 1. The van der Waals surface area contributed by atoms with Crippen LogP contribution in [0.25, 0.3) is 10.9 Å². The monoisotopic (exact) mass is 443 g/mol. The highest BCUT2D eigenvalue weighted by Gasteiger charge is 2.19. The molecule has 8 nitrogen and oxygen atoms in total. The molecule has 0 atom stereocenters. The summed E-state index contributed by atoms with van der Waals surface area (Å²) in [4.78, 5) is 29.2. The number of nitrogens with two attached hydrogens (primary N) is 1. The molecule has 2 amide bonds. The van der Waals surface area contributed by atoms with Crippen molar-refractivity contribution in [3.63, 3.8) is 0 Å². The van der Waals surface area contributed by atoms with Gasteiger partial charge in [-0.15, -0.1) is 0 Å². The minimum atomic E-state index is -0.687. The molecule has 2 aromatic heterocycles. The van der Waals surface area contributed by atoms with Gasteiger partial charge in [0.05, 0.1) is 35.3 Å². The second-order valence-electron chi connectivity index (χ2n) is 7.76. The van der Waals surface area contributed by atoms with Crippen molar-refractivity contribution in [2.24, 2.45) is 5.73 Å². The predicted molar refractivity (Wildman–Crippen MR) is 127 cm³/mol. The zero-order chi connectivity index (χ0) is 23.5. The Bertz CT molecular complexity index is 1340. The molecule has 0 saturated carbocycles. The molecule has 4 rings (SSSR count). The molecular formula is C25H25N5O3. The summed E-state index contributed by atoms with van der Waals surface area (Å²) in [7, 11) is 1.64. The first-order chi connectivity index (χ1) is 15.9. The van der Waals surface area contributed by atoms with E-state index in [0.717, 1.165) is 23.4 Å². The molecule has 4 aromatic rings. The van der Waals surface area contributed by atoms with E-state index in [1.807, 2.05) is 48.9 Å². The Balaban J connectivity index is 1.58. The summed E-state index contributed by atoms with van der Waals surface area (Å²) in [5, 5.41) is 8.21. The van der Waals surface area contributed by atoms with E-state index >= 15 is 0 Å². The molecule has 8 heteroatoms. The molecule has 0 aliphatic heterocycles. The number of rotatable bonds is 7. The number of carbonyl (C=O) groups is 2. The fourth-order valence-electron chi connectivity index (χ4n) is 3.79. The molecule has 0 bridgehead atoms. The van der Waals surface area contributed by atoms with Gasteiger partial charge in [-0.2, -0.15) is 5.10 Å². The number of nitrogens with one attached hydrogen (secondary N) is 1. The van der Waals surface area contributed by atoms with Crippen LogP contribution in [0, 0.1) is 13.8 Å². The number of hydrogen-bond acceptors (Lipinski definition) is 5. The summed E-state index contributed by atoms with van der Waals surface area (Å²) in [6.07, 6.45) is 0.788. The number of ether oxygens (including phenoxy) is 1. The second kappa shape index (κ2) is 9.12. The summed E-state index contributed by atoms with van der Waals surface area (Å²) in [6.45, 7) is 4.44. The molecule has 2 aromatic carbocycles. The van der Waals surface area contributed by atoms with E-state index in [4.69, 9.17) is 10.5 Å². The third-order valence-electron chi connectivity index (χ3n) is 5.60. The number of carbonyl (C=O) groups excluding carboxylic acids is 2. The highest BCUT2D eigenvalue weighted by molar-refractivity contribution is 6.14. The lowest BCUT2D eigenvalue weighted by Gasteiger charge is -2.10. The Morgan fingerprint density at radius 1 is 1.09 bits per heavy atom. The van der Waals surface area contributed by atoms with Crippen molar-refractivity contribution in [1.29, 1.82) is 0 Å². The zero-order valence-corrected chi connectivity index (χ0v) is 18.8. The lowest BCUT2D eigenvalue weighted by atomic mass is 10.1. The first-order valence-corrected chi connectivity index (χ1v) is 10.5. The fourth-order valence-corrected chi connectivity index (χ4v) is 3.79. The van der Waals surface area contributed by atoms with Crippen molar-refractivity contribution in [3.05, 3.63) is 82.8 Å². The van der Waals surface area contributed by atoms with Crippen molar-refractivity contribution in [1.82, 2.24) is 14.8 Å². The molecule has 0 radical (unpaired) electrons. The van der Waals surface area contributed by atoms with Gasteiger partial charge in [0.2, 0.25) is 0 Å². The molecule has 0 aliphatic carbocycles. The fraction of sp³-hybridized carbons (Fsp3) is 0.200. The largest absolute Gasteiger partial charge is 0.497 e. The molecule has 33 heavy (non-hydrogen) atoms. The van der Waals surface area contributed by atoms with Crippen molar-refractivity contribution >= 4 is 28.4 Å². The van der Waals surface area contributed by atoms with Crippen LogP contribution in [0.5, 0.6) is 5.75 Å².